The molecule has 1 saturated heterocycles. The van der Waals surface area contributed by atoms with Crippen LogP contribution in [-0.2, 0) is 21.2 Å². The molecular formula is C21H22FN3O3S3. The fourth-order valence-corrected chi connectivity index (χ4v) is 6.96. The minimum Gasteiger partial charge on any atom is -0.302 e. The van der Waals surface area contributed by atoms with Crippen LogP contribution in [0.3, 0.4) is 0 Å². The lowest BCUT2D eigenvalue weighted by molar-refractivity contribution is -0.120. The molecule has 3 aromatic rings. The Bertz CT molecular complexity index is 1170. The summed E-state index contributed by atoms with van der Waals surface area (Å²) in [5, 5.41) is 5.09. The van der Waals surface area contributed by atoms with Gasteiger partial charge in [-0.25, -0.2) is 17.8 Å². The summed E-state index contributed by atoms with van der Waals surface area (Å²) in [6, 6.07) is 8.47. The molecule has 0 unspecified atom stereocenters. The zero-order valence-corrected chi connectivity index (χ0v) is 19.3. The third-order valence-electron chi connectivity index (χ3n) is 5.31. The SMILES string of the molecule is Cc1ccc(Cc2cnc(NC(=O)C3CCN(S(=O)(=O)c4cccs4)CC3)s2)cc1F. The summed E-state index contributed by atoms with van der Waals surface area (Å²) in [5.41, 5.74) is 1.46. The number of thiazole rings is 1. The first kappa shape index (κ1) is 22.1. The van der Waals surface area contributed by atoms with Crippen LogP contribution in [-0.4, -0.2) is 36.7 Å². The van der Waals surface area contributed by atoms with Crippen LogP contribution in [0.2, 0.25) is 0 Å². The van der Waals surface area contributed by atoms with Crippen molar-refractivity contribution in [3.63, 3.8) is 0 Å². The van der Waals surface area contributed by atoms with E-state index in [4.69, 9.17) is 0 Å². The lowest BCUT2D eigenvalue weighted by atomic mass is 9.97. The molecule has 0 spiro atoms. The van der Waals surface area contributed by atoms with Gasteiger partial charge in [0.25, 0.3) is 10.0 Å². The van der Waals surface area contributed by atoms with E-state index in [2.05, 4.69) is 10.3 Å². The van der Waals surface area contributed by atoms with Crippen LogP contribution in [0.25, 0.3) is 0 Å². The number of anilines is 1. The molecule has 1 aliphatic rings. The molecule has 31 heavy (non-hydrogen) atoms. The van der Waals surface area contributed by atoms with Crippen molar-refractivity contribution in [2.45, 2.75) is 30.4 Å². The van der Waals surface area contributed by atoms with E-state index in [9.17, 15) is 17.6 Å². The van der Waals surface area contributed by atoms with Crippen LogP contribution in [0.1, 0.15) is 28.8 Å². The van der Waals surface area contributed by atoms with Crippen molar-refractivity contribution in [1.82, 2.24) is 9.29 Å². The standard InChI is InChI=1S/C21H22FN3O3S3/c1-14-4-5-15(12-18(14)22)11-17-13-23-21(30-17)24-20(26)16-6-8-25(9-7-16)31(27,28)19-3-2-10-29-19/h2-5,10,12-13,16H,6-9,11H2,1H3,(H,23,24,26). The molecule has 3 heterocycles. The van der Waals surface area contributed by atoms with Gasteiger partial charge >= 0.3 is 0 Å². The summed E-state index contributed by atoms with van der Waals surface area (Å²) in [6.07, 6.45) is 3.17. The van der Waals surface area contributed by atoms with Gasteiger partial charge in [-0.1, -0.05) is 18.2 Å². The number of piperidine rings is 1. The van der Waals surface area contributed by atoms with E-state index in [1.54, 1.807) is 36.7 Å². The maximum absolute atomic E-state index is 13.7. The van der Waals surface area contributed by atoms with Gasteiger partial charge in [0.2, 0.25) is 5.91 Å². The molecule has 1 amide bonds. The van der Waals surface area contributed by atoms with E-state index >= 15 is 0 Å². The maximum atomic E-state index is 13.7. The second-order valence-corrected chi connectivity index (χ2v) is 11.7. The highest BCUT2D eigenvalue weighted by molar-refractivity contribution is 7.91. The lowest BCUT2D eigenvalue weighted by Gasteiger charge is -2.29. The van der Waals surface area contributed by atoms with Gasteiger partial charge in [-0.15, -0.1) is 22.7 Å². The van der Waals surface area contributed by atoms with Crippen molar-refractivity contribution in [2.24, 2.45) is 5.92 Å². The highest BCUT2D eigenvalue weighted by Gasteiger charge is 2.32. The van der Waals surface area contributed by atoms with Crippen molar-refractivity contribution in [2.75, 3.05) is 18.4 Å². The lowest BCUT2D eigenvalue weighted by Crippen LogP contribution is -2.41. The fraction of sp³-hybridized carbons (Fsp3) is 0.333. The monoisotopic (exact) mass is 479 g/mol. The van der Waals surface area contributed by atoms with Crippen molar-refractivity contribution >= 4 is 43.7 Å². The number of nitrogens with one attached hydrogen (secondary N) is 1. The third-order valence-corrected chi connectivity index (χ3v) is 9.50. The number of aryl methyl sites for hydroxylation is 1. The Morgan fingerprint density at radius 3 is 2.74 bits per heavy atom. The van der Waals surface area contributed by atoms with Gasteiger partial charge in [0, 0.05) is 36.5 Å². The molecule has 4 rings (SSSR count). The van der Waals surface area contributed by atoms with E-state index in [-0.39, 0.29) is 17.6 Å². The topological polar surface area (TPSA) is 79.4 Å². The Balaban J connectivity index is 1.32. The van der Waals surface area contributed by atoms with Crippen LogP contribution in [0.15, 0.2) is 46.1 Å². The van der Waals surface area contributed by atoms with E-state index in [1.165, 1.54) is 33.0 Å². The highest BCUT2D eigenvalue weighted by atomic mass is 32.2. The number of halogens is 1. The fourth-order valence-electron chi connectivity index (χ4n) is 3.50. The maximum Gasteiger partial charge on any atom is 0.252 e. The van der Waals surface area contributed by atoms with Crippen molar-refractivity contribution in [1.29, 1.82) is 0 Å². The molecule has 0 atom stereocenters. The predicted molar refractivity (Wildman–Crippen MR) is 120 cm³/mol. The van der Waals surface area contributed by atoms with Gasteiger partial charge in [-0.3, -0.25) is 4.79 Å². The molecule has 2 aromatic heterocycles. The molecule has 1 fully saturated rings. The van der Waals surface area contributed by atoms with Gasteiger partial charge in [0.1, 0.15) is 10.0 Å². The van der Waals surface area contributed by atoms with Gasteiger partial charge in [0.15, 0.2) is 5.13 Å². The van der Waals surface area contributed by atoms with E-state index in [0.29, 0.717) is 47.3 Å². The van der Waals surface area contributed by atoms with Crippen molar-refractivity contribution < 1.29 is 17.6 Å². The van der Waals surface area contributed by atoms with Crippen LogP contribution in [0.4, 0.5) is 9.52 Å². The minimum absolute atomic E-state index is 0.143. The quantitative estimate of drug-likeness (QED) is 0.572. The Morgan fingerprint density at radius 2 is 2.06 bits per heavy atom. The summed E-state index contributed by atoms with van der Waals surface area (Å²) in [5.74, 6) is -0.633. The van der Waals surface area contributed by atoms with E-state index in [1.807, 2.05) is 6.07 Å². The molecule has 0 radical (unpaired) electrons. The Morgan fingerprint density at radius 1 is 1.29 bits per heavy atom. The predicted octanol–water partition coefficient (Wildman–Crippen LogP) is 4.28. The number of carbonyl (C=O) groups is 1. The Kier molecular flexibility index (Phi) is 6.52. The Hall–Kier alpha value is -2.14. The number of hydrogen-bond donors (Lipinski definition) is 1. The molecular weight excluding hydrogens is 457 g/mol. The molecule has 6 nitrogen and oxygen atoms in total. The van der Waals surface area contributed by atoms with Crippen LogP contribution in [0.5, 0.6) is 0 Å². The number of carbonyl (C=O) groups excluding carboxylic acids is 1. The molecule has 0 bridgehead atoms. The van der Waals surface area contributed by atoms with E-state index < -0.39 is 10.0 Å². The van der Waals surface area contributed by atoms with Crippen molar-refractivity contribution in [3.05, 3.63) is 63.7 Å². The Labute approximate surface area is 188 Å². The van der Waals surface area contributed by atoms with Gasteiger partial charge in [-0.2, -0.15) is 4.31 Å². The summed E-state index contributed by atoms with van der Waals surface area (Å²) in [6.45, 7) is 2.36. The van der Waals surface area contributed by atoms with Crippen molar-refractivity contribution in [3.8, 4) is 0 Å². The molecule has 0 saturated carbocycles. The summed E-state index contributed by atoms with van der Waals surface area (Å²) in [7, 11) is -3.48. The number of thiophene rings is 1. The average molecular weight is 480 g/mol. The molecule has 0 aliphatic carbocycles. The number of hydrogen-bond acceptors (Lipinski definition) is 6. The van der Waals surface area contributed by atoms with Crippen LogP contribution >= 0.6 is 22.7 Å². The number of benzene rings is 1. The highest BCUT2D eigenvalue weighted by Crippen LogP contribution is 2.28. The third kappa shape index (κ3) is 5.03. The average Bonchev–Trinajstić information content (AvgIpc) is 3.44. The first-order chi connectivity index (χ1) is 14.8. The van der Waals surface area contributed by atoms with Gasteiger partial charge < -0.3 is 5.32 Å². The second-order valence-electron chi connectivity index (χ2n) is 7.49. The molecule has 164 valence electrons. The molecule has 1 N–H and O–H groups in total. The smallest absolute Gasteiger partial charge is 0.252 e. The minimum atomic E-state index is -3.48. The molecule has 1 aliphatic heterocycles. The summed E-state index contributed by atoms with van der Waals surface area (Å²) in [4.78, 5) is 17.8. The number of amides is 1. The number of nitrogens with zero attached hydrogens (tertiary/aromatic N) is 2. The normalized spacial score (nSPS) is 15.8. The van der Waals surface area contributed by atoms with Crippen LogP contribution < -0.4 is 5.32 Å². The van der Waals surface area contributed by atoms with Crippen LogP contribution in [0, 0.1) is 18.7 Å². The first-order valence-corrected chi connectivity index (χ1v) is 13.0. The van der Waals surface area contributed by atoms with Gasteiger partial charge in [0.05, 0.1) is 0 Å². The number of sulfonamides is 1. The zero-order valence-electron chi connectivity index (χ0n) is 16.9. The summed E-state index contributed by atoms with van der Waals surface area (Å²) < 4.78 is 40.7. The molecule has 1 aromatic carbocycles. The molecule has 10 heteroatoms. The second kappa shape index (κ2) is 9.15. The number of aromatic nitrogens is 1. The number of rotatable bonds is 6. The summed E-state index contributed by atoms with van der Waals surface area (Å²) >= 11 is 2.56. The zero-order chi connectivity index (χ0) is 22.0. The van der Waals surface area contributed by atoms with E-state index in [0.717, 1.165) is 10.4 Å². The van der Waals surface area contributed by atoms with Gasteiger partial charge in [-0.05, 0) is 48.4 Å². The first-order valence-electron chi connectivity index (χ1n) is 9.87. The largest absolute Gasteiger partial charge is 0.302 e.